The van der Waals surface area contributed by atoms with Gasteiger partial charge in [0, 0.05) is 12.6 Å². The lowest BCUT2D eigenvalue weighted by Crippen LogP contribution is -2.11. The van der Waals surface area contributed by atoms with Gasteiger partial charge in [-0.15, -0.1) is 10.2 Å². The number of hydrogen-bond acceptors (Lipinski definition) is 6. The fraction of sp³-hybridized carbons (Fsp3) is 0.333. The van der Waals surface area contributed by atoms with Crippen molar-refractivity contribution < 1.29 is 4.92 Å². The van der Waals surface area contributed by atoms with Crippen LogP contribution in [-0.4, -0.2) is 21.7 Å². The normalized spacial score (nSPS) is 10.6. The molecule has 6 nitrogen and oxygen atoms in total. The monoisotopic (exact) mass is 278 g/mol. The van der Waals surface area contributed by atoms with E-state index >= 15 is 0 Å². The van der Waals surface area contributed by atoms with E-state index in [1.807, 2.05) is 13.8 Å². The summed E-state index contributed by atoms with van der Waals surface area (Å²) in [5.74, 6) is 0. The summed E-state index contributed by atoms with van der Waals surface area (Å²) >= 11 is 1.38. The molecule has 0 aliphatic carbocycles. The Balaban J connectivity index is 2.37. The van der Waals surface area contributed by atoms with Crippen molar-refractivity contribution in [3.05, 3.63) is 38.9 Å². The number of hydrogen-bond donors (Lipinski definition) is 1. The molecule has 1 aromatic heterocycles. The minimum absolute atomic E-state index is 0.0664. The van der Waals surface area contributed by atoms with Gasteiger partial charge in [-0.05, 0) is 25.1 Å². The summed E-state index contributed by atoms with van der Waals surface area (Å²) in [4.78, 5) is 10.6. The quantitative estimate of drug-likeness (QED) is 0.671. The van der Waals surface area contributed by atoms with Gasteiger partial charge in [-0.3, -0.25) is 10.1 Å². The molecule has 1 heterocycles. The smallest absolute Gasteiger partial charge is 0.279 e. The molecule has 0 bridgehead atoms. The molecule has 0 atom stereocenters. The zero-order chi connectivity index (χ0) is 13.8. The average Bonchev–Trinajstić information content (AvgIpc) is 2.84. The maximum absolute atomic E-state index is 11.0. The fourth-order valence-corrected chi connectivity index (χ4v) is 2.48. The Bertz CT molecular complexity index is 597. The summed E-state index contributed by atoms with van der Waals surface area (Å²) in [6, 6.07) is 5.01. The first-order chi connectivity index (χ1) is 9.11. The third-order valence-electron chi connectivity index (χ3n) is 2.57. The second-order valence-corrected chi connectivity index (χ2v) is 5.12. The standard InChI is InChI=1S/C12H14N4O2S/c1-3-13-7-11-14-15-12(19-11)9-6-8(2)4-5-10(9)16(17)18/h4-6,13H,3,7H2,1-2H3. The Hall–Kier alpha value is -1.86. The molecule has 2 aromatic rings. The molecule has 0 radical (unpaired) electrons. The molecule has 1 N–H and O–H groups in total. The summed E-state index contributed by atoms with van der Waals surface area (Å²) < 4.78 is 0. The van der Waals surface area contributed by atoms with E-state index in [9.17, 15) is 10.1 Å². The van der Waals surface area contributed by atoms with Crippen LogP contribution in [0.3, 0.4) is 0 Å². The van der Waals surface area contributed by atoms with Crippen molar-refractivity contribution in [1.29, 1.82) is 0 Å². The van der Waals surface area contributed by atoms with Crippen LogP contribution in [0.1, 0.15) is 17.5 Å². The van der Waals surface area contributed by atoms with Crippen LogP contribution in [0.15, 0.2) is 18.2 Å². The van der Waals surface area contributed by atoms with Crippen LogP contribution < -0.4 is 5.32 Å². The molecule has 0 saturated heterocycles. The Morgan fingerprint density at radius 3 is 2.89 bits per heavy atom. The number of benzene rings is 1. The Morgan fingerprint density at radius 2 is 2.21 bits per heavy atom. The first kappa shape index (κ1) is 13.6. The zero-order valence-corrected chi connectivity index (χ0v) is 11.5. The van der Waals surface area contributed by atoms with Gasteiger partial charge < -0.3 is 5.32 Å². The number of nitro benzene ring substituents is 1. The zero-order valence-electron chi connectivity index (χ0n) is 10.7. The van der Waals surface area contributed by atoms with E-state index in [2.05, 4.69) is 15.5 Å². The van der Waals surface area contributed by atoms with Gasteiger partial charge in [-0.2, -0.15) is 0 Å². The fourth-order valence-electron chi connectivity index (χ4n) is 1.65. The summed E-state index contributed by atoms with van der Waals surface area (Å²) in [6.07, 6.45) is 0. The maximum atomic E-state index is 11.0. The number of nitrogens with zero attached hydrogens (tertiary/aromatic N) is 3. The molecule has 0 saturated carbocycles. The van der Waals surface area contributed by atoms with Crippen molar-refractivity contribution >= 4 is 17.0 Å². The molecule has 2 rings (SSSR count). The predicted octanol–water partition coefficient (Wildman–Crippen LogP) is 2.53. The lowest BCUT2D eigenvalue weighted by Gasteiger charge is -2.00. The summed E-state index contributed by atoms with van der Waals surface area (Å²) in [6.45, 7) is 5.38. The number of rotatable bonds is 5. The molecule has 0 spiro atoms. The third kappa shape index (κ3) is 3.12. The van der Waals surface area contributed by atoms with Gasteiger partial charge in [0.05, 0.1) is 10.5 Å². The van der Waals surface area contributed by atoms with Gasteiger partial charge in [0.2, 0.25) is 0 Å². The van der Waals surface area contributed by atoms with Crippen LogP contribution in [0.5, 0.6) is 0 Å². The van der Waals surface area contributed by atoms with Crippen molar-refractivity contribution in [3.63, 3.8) is 0 Å². The highest BCUT2D eigenvalue weighted by atomic mass is 32.1. The lowest BCUT2D eigenvalue weighted by molar-refractivity contribution is -0.384. The van der Waals surface area contributed by atoms with Gasteiger partial charge >= 0.3 is 0 Å². The van der Waals surface area contributed by atoms with Crippen molar-refractivity contribution in [2.75, 3.05) is 6.54 Å². The molecule has 1 aromatic carbocycles. The molecule has 7 heteroatoms. The highest BCUT2D eigenvalue weighted by Crippen LogP contribution is 2.32. The van der Waals surface area contributed by atoms with Crippen LogP contribution in [0.2, 0.25) is 0 Å². The van der Waals surface area contributed by atoms with E-state index in [1.54, 1.807) is 12.1 Å². The van der Waals surface area contributed by atoms with Crippen molar-refractivity contribution in [3.8, 4) is 10.6 Å². The first-order valence-corrected chi connectivity index (χ1v) is 6.72. The van der Waals surface area contributed by atoms with E-state index in [-0.39, 0.29) is 10.6 Å². The van der Waals surface area contributed by atoms with Gasteiger partial charge in [-0.1, -0.05) is 24.3 Å². The van der Waals surface area contributed by atoms with Gasteiger partial charge in [-0.25, -0.2) is 0 Å². The highest BCUT2D eigenvalue weighted by Gasteiger charge is 2.18. The maximum Gasteiger partial charge on any atom is 0.279 e. The van der Waals surface area contributed by atoms with Crippen molar-refractivity contribution in [2.24, 2.45) is 0 Å². The van der Waals surface area contributed by atoms with Crippen LogP contribution in [0, 0.1) is 17.0 Å². The topological polar surface area (TPSA) is 81.0 Å². The molecular weight excluding hydrogens is 264 g/mol. The lowest BCUT2D eigenvalue weighted by atomic mass is 10.1. The molecule has 0 amide bonds. The summed E-state index contributed by atoms with van der Waals surface area (Å²) in [7, 11) is 0. The van der Waals surface area contributed by atoms with Gasteiger partial charge in [0.25, 0.3) is 5.69 Å². The van der Waals surface area contributed by atoms with E-state index in [0.29, 0.717) is 17.1 Å². The second-order valence-electron chi connectivity index (χ2n) is 4.06. The Kier molecular flexibility index (Phi) is 4.18. The Morgan fingerprint density at radius 1 is 1.42 bits per heavy atom. The molecular formula is C12H14N4O2S. The molecule has 0 aliphatic heterocycles. The third-order valence-corrected chi connectivity index (χ3v) is 3.53. The number of nitrogens with one attached hydrogen (secondary N) is 1. The number of nitro groups is 1. The molecule has 0 unspecified atom stereocenters. The van der Waals surface area contributed by atoms with Crippen LogP contribution >= 0.6 is 11.3 Å². The van der Waals surface area contributed by atoms with Crippen molar-refractivity contribution in [2.45, 2.75) is 20.4 Å². The predicted molar refractivity (Wildman–Crippen MR) is 74.1 cm³/mol. The van der Waals surface area contributed by atoms with E-state index in [1.165, 1.54) is 17.4 Å². The molecule has 0 fully saturated rings. The number of aryl methyl sites for hydroxylation is 1. The van der Waals surface area contributed by atoms with Crippen LogP contribution in [0.4, 0.5) is 5.69 Å². The Labute approximate surface area is 114 Å². The van der Waals surface area contributed by atoms with Gasteiger partial charge in [0.15, 0.2) is 5.01 Å². The van der Waals surface area contributed by atoms with E-state index < -0.39 is 0 Å². The first-order valence-electron chi connectivity index (χ1n) is 5.90. The summed E-state index contributed by atoms with van der Waals surface area (Å²) in [5.41, 5.74) is 1.56. The van der Waals surface area contributed by atoms with Crippen molar-refractivity contribution in [1.82, 2.24) is 15.5 Å². The minimum atomic E-state index is -0.389. The highest BCUT2D eigenvalue weighted by molar-refractivity contribution is 7.14. The molecule has 19 heavy (non-hydrogen) atoms. The van der Waals surface area contributed by atoms with Gasteiger partial charge in [0.1, 0.15) is 5.01 Å². The molecule has 0 aliphatic rings. The SMILES string of the molecule is CCNCc1nnc(-c2cc(C)ccc2[N+](=O)[O-])s1. The largest absolute Gasteiger partial charge is 0.311 e. The van der Waals surface area contributed by atoms with E-state index in [0.717, 1.165) is 17.1 Å². The van der Waals surface area contributed by atoms with Crippen LogP contribution in [0.25, 0.3) is 10.6 Å². The minimum Gasteiger partial charge on any atom is -0.311 e. The van der Waals surface area contributed by atoms with E-state index in [4.69, 9.17) is 0 Å². The number of aromatic nitrogens is 2. The second kappa shape index (κ2) is 5.85. The molecule has 100 valence electrons. The average molecular weight is 278 g/mol. The van der Waals surface area contributed by atoms with Crippen LogP contribution in [-0.2, 0) is 6.54 Å². The summed E-state index contributed by atoms with van der Waals surface area (Å²) in [5, 5.41) is 23.7.